The van der Waals surface area contributed by atoms with Crippen molar-refractivity contribution in [1.29, 1.82) is 0 Å². The summed E-state index contributed by atoms with van der Waals surface area (Å²) in [6, 6.07) is 18.4. The van der Waals surface area contributed by atoms with E-state index in [1.807, 2.05) is 31.2 Å². The standard InChI is InChI=1S/C32H27N3O8S/c1-4-42-31(39)29-19(3)33-32(44-29)34-26(22-9-6-10-23(16-22)35(40)41)25(28(37)30(34)38)27(36)21-11-13-24(14-12-21)43-17-20-8-5-7-18(2)15-20/h5-16,26,36H,4,17H2,1-3H3/b27-25+. The summed E-state index contributed by atoms with van der Waals surface area (Å²) in [6.07, 6.45) is 0. The molecular formula is C32H27N3O8S. The number of nitro benzene ring substituents is 1. The molecule has 44 heavy (non-hydrogen) atoms. The van der Waals surface area contributed by atoms with Crippen molar-refractivity contribution >= 4 is 45.6 Å². The number of aliphatic hydroxyl groups is 1. The number of esters is 1. The van der Waals surface area contributed by atoms with Crippen molar-refractivity contribution in [3.8, 4) is 5.75 Å². The number of carbonyl (C=O) groups is 3. The number of hydrogen-bond acceptors (Lipinski definition) is 10. The van der Waals surface area contributed by atoms with E-state index < -0.39 is 34.4 Å². The van der Waals surface area contributed by atoms with Crippen molar-refractivity contribution in [3.05, 3.63) is 121 Å². The molecule has 2 heterocycles. The third-order valence-electron chi connectivity index (χ3n) is 6.91. The Morgan fingerprint density at radius 1 is 1.07 bits per heavy atom. The summed E-state index contributed by atoms with van der Waals surface area (Å²) < 4.78 is 10.9. The lowest BCUT2D eigenvalue weighted by atomic mass is 9.95. The number of benzene rings is 3. The number of nitrogens with zero attached hydrogens (tertiary/aromatic N) is 3. The van der Waals surface area contributed by atoms with Gasteiger partial charge in [-0.2, -0.15) is 0 Å². The van der Waals surface area contributed by atoms with Gasteiger partial charge in [-0.15, -0.1) is 0 Å². The number of aliphatic hydroxyl groups excluding tert-OH is 1. The van der Waals surface area contributed by atoms with Gasteiger partial charge in [0.1, 0.15) is 23.0 Å². The third-order valence-corrected chi connectivity index (χ3v) is 8.05. The number of ether oxygens (including phenoxy) is 2. The van der Waals surface area contributed by atoms with Gasteiger partial charge in [0.25, 0.3) is 11.5 Å². The molecule has 1 fully saturated rings. The van der Waals surface area contributed by atoms with E-state index in [0.29, 0.717) is 12.4 Å². The van der Waals surface area contributed by atoms with E-state index in [0.717, 1.165) is 27.4 Å². The quantitative estimate of drug-likeness (QED) is 0.0594. The van der Waals surface area contributed by atoms with Crippen LogP contribution in [0.1, 0.15) is 50.6 Å². The number of anilines is 1. The van der Waals surface area contributed by atoms with Gasteiger partial charge in [-0.05, 0) is 56.2 Å². The van der Waals surface area contributed by atoms with Gasteiger partial charge in [0.2, 0.25) is 0 Å². The molecule has 0 bridgehead atoms. The molecule has 3 aromatic carbocycles. The summed E-state index contributed by atoms with van der Waals surface area (Å²) in [4.78, 5) is 56.0. The molecule has 224 valence electrons. The number of non-ortho nitro benzene ring substituents is 1. The van der Waals surface area contributed by atoms with Crippen LogP contribution in [0.25, 0.3) is 5.76 Å². The number of carbonyl (C=O) groups excluding carboxylic acids is 3. The van der Waals surface area contributed by atoms with Crippen LogP contribution in [0.4, 0.5) is 10.8 Å². The topological polar surface area (TPSA) is 149 Å². The molecule has 1 aliphatic rings. The van der Waals surface area contributed by atoms with E-state index in [-0.39, 0.29) is 44.7 Å². The minimum absolute atomic E-state index is 0.00288. The third kappa shape index (κ3) is 5.92. The zero-order valence-electron chi connectivity index (χ0n) is 24.0. The predicted octanol–water partition coefficient (Wildman–Crippen LogP) is 6.05. The number of aryl methyl sites for hydroxylation is 2. The number of aromatic nitrogens is 1. The molecule has 1 aromatic heterocycles. The lowest BCUT2D eigenvalue weighted by molar-refractivity contribution is -0.384. The van der Waals surface area contributed by atoms with Gasteiger partial charge in [0.05, 0.1) is 28.8 Å². The van der Waals surface area contributed by atoms with E-state index in [2.05, 4.69) is 4.98 Å². The number of nitro groups is 1. The Hall–Kier alpha value is -5.36. The molecule has 1 saturated heterocycles. The molecular weight excluding hydrogens is 586 g/mol. The van der Waals surface area contributed by atoms with Crippen molar-refractivity contribution in [3.63, 3.8) is 0 Å². The lowest BCUT2D eigenvalue weighted by Gasteiger charge is -2.22. The minimum Gasteiger partial charge on any atom is -0.507 e. The molecule has 12 heteroatoms. The molecule has 4 aromatic rings. The maximum atomic E-state index is 13.5. The predicted molar refractivity (Wildman–Crippen MR) is 163 cm³/mol. The van der Waals surface area contributed by atoms with Crippen LogP contribution in [-0.4, -0.2) is 39.3 Å². The van der Waals surface area contributed by atoms with Crippen LogP contribution >= 0.6 is 11.3 Å². The Labute approximate surface area is 256 Å². The molecule has 1 aliphatic heterocycles. The van der Waals surface area contributed by atoms with Gasteiger partial charge >= 0.3 is 11.9 Å². The Bertz CT molecular complexity index is 1810. The van der Waals surface area contributed by atoms with Crippen molar-refractivity contribution in [1.82, 2.24) is 4.98 Å². The average Bonchev–Trinajstić information content (AvgIpc) is 3.52. The molecule has 0 aliphatic carbocycles. The number of ketones is 1. The molecule has 11 nitrogen and oxygen atoms in total. The second-order valence-electron chi connectivity index (χ2n) is 9.95. The number of hydrogen-bond donors (Lipinski definition) is 1. The lowest BCUT2D eigenvalue weighted by Crippen LogP contribution is -2.29. The fourth-order valence-electron chi connectivity index (χ4n) is 4.86. The first-order chi connectivity index (χ1) is 21.1. The normalized spacial score (nSPS) is 15.8. The average molecular weight is 614 g/mol. The molecule has 1 N–H and O–H groups in total. The number of Topliss-reactive ketones (excluding diaryl/α,β-unsaturated/α-hetero) is 1. The van der Waals surface area contributed by atoms with Gasteiger partial charge in [-0.3, -0.25) is 24.6 Å². The Morgan fingerprint density at radius 2 is 1.80 bits per heavy atom. The van der Waals surface area contributed by atoms with Crippen LogP contribution in [0.15, 0.2) is 78.4 Å². The number of amides is 1. The highest BCUT2D eigenvalue weighted by molar-refractivity contribution is 7.17. The molecule has 1 unspecified atom stereocenters. The maximum absolute atomic E-state index is 13.5. The minimum atomic E-state index is -1.27. The second kappa shape index (κ2) is 12.5. The highest BCUT2D eigenvalue weighted by Gasteiger charge is 2.48. The van der Waals surface area contributed by atoms with Crippen LogP contribution in [0, 0.1) is 24.0 Å². The van der Waals surface area contributed by atoms with E-state index in [1.165, 1.54) is 24.3 Å². The highest BCUT2D eigenvalue weighted by Crippen LogP contribution is 2.44. The van der Waals surface area contributed by atoms with Crippen LogP contribution in [0.3, 0.4) is 0 Å². The molecule has 1 amide bonds. The Morgan fingerprint density at radius 3 is 2.48 bits per heavy atom. The molecule has 5 rings (SSSR count). The smallest absolute Gasteiger partial charge is 0.350 e. The van der Waals surface area contributed by atoms with Gasteiger partial charge in [0, 0.05) is 17.7 Å². The zero-order valence-corrected chi connectivity index (χ0v) is 24.8. The van der Waals surface area contributed by atoms with E-state index in [4.69, 9.17) is 9.47 Å². The van der Waals surface area contributed by atoms with E-state index >= 15 is 0 Å². The van der Waals surface area contributed by atoms with Gasteiger partial charge in [-0.25, -0.2) is 9.78 Å². The van der Waals surface area contributed by atoms with Crippen LogP contribution < -0.4 is 9.64 Å². The molecule has 0 spiro atoms. The van der Waals surface area contributed by atoms with Crippen molar-refractivity contribution < 1.29 is 33.9 Å². The molecule has 1 atom stereocenters. The fraction of sp³-hybridized carbons (Fsp3) is 0.188. The second-order valence-corrected chi connectivity index (χ2v) is 10.9. The van der Waals surface area contributed by atoms with Crippen molar-refractivity contribution in [2.45, 2.75) is 33.4 Å². The summed E-state index contributed by atoms with van der Waals surface area (Å²) in [5.41, 5.74) is 2.24. The van der Waals surface area contributed by atoms with Gasteiger partial charge < -0.3 is 14.6 Å². The SMILES string of the molecule is CCOC(=O)c1sc(N2C(=O)C(=O)/C(=C(/O)c3ccc(OCc4cccc(C)c4)cc3)C2c2cccc([N+](=O)[O-])c2)nc1C. The number of rotatable bonds is 9. The summed E-state index contributed by atoms with van der Waals surface area (Å²) in [5.74, 6) is -2.62. The molecule has 0 saturated carbocycles. The van der Waals surface area contributed by atoms with Crippen molar-refractivity contribution in [2.75, 3.05) is 11.5 Å². The first kappa shape index (κ1) is 30.1. The largest absolute Gasteiger partial charge is 0.507 e. The molecule has 0 radical (unpaired) electrons. The Balaban J connectivity index is 1.56. The summed E-state index contributed by atoms with van der Waals surface area (Å²) in [6.45, 7) is 5.65. The van der Waals surface area contributed by atoms with Crippen molar-refractivity contribution in [2.24, 2.45) is 0 Å². The van der Waals surface area contributed by atoms with Gasteiger partial charge in [-0.1, -0.05) is 53.3 Å². The van der Waals surface area contributed by atoms with Crippen LogP contribution in [0.5, 0.6) is 5.75 Å². The van der Waals surface area contributed by atoms with Crippen LogP contribution in [0.2, 0.25) is 0 Å². The van der Waals surface area contributed by atoms with E-state index in [9.17, 15) is 29.6 Å². The maximum Gasteiger partial charge on any atom is 0.350 e. The number of thiazole rings is 1. The first-order valence-corrected chi connectivity index (χ1v) is 14.4. The first-order valence-electron chi connectivity index (χ1n) is 13.6. The highest BCUT2D eigenvalue weighted by atomic mass is 32.1. The van der Waals surface area contributed by atoms with Crippen LogP contribution in [-0.2, 0) is 20.9 Å². The Kier molecular flexibility index (Phi) is 8.54. The zero-order chi connectivity index (χ0) is 31.5. The fourth-order valence-corrected chi connectivity index (χ4v) is 5.85. The van der Waals surface area contributed by atoms with Gasteiger partial charge in [0.15, 0.2) is 5.13 Å². The monoisotopic (exact) mass is 613 g/mol. The summed E-state index contributed by atoms with van der Waals surface area (Å²) in [5, 5.41) is 23.0. The summed E-state index contributed by atoms with van der Waals surface area (Å²) >= 11 is 0.848. The van der Waals surface area contributed by atoms with E-state index in [1.54, 1.807) is 38.1 Å². The summed E-state index contributed by atoms with van der Waals surface area (Å²) in [7, 11) is 0.